The van der Waals surface area contributed by atoms with E-state index in [0.717, 1.165) is 44.1 Å². The van der Waals surface area contributed by atoms with Crippen molar-refractivity contribution in [1.29, 1.82) is 0 Å². The fourth-order valence-electron chi connectivity index (χ4n) is 3.09. The van der Waals surface area contributed by atoms with Crippen LogP contribution in [0.1, 0.15) is 65.2 Å². The highest BCUT2D eigenvalue weighted by Crippen LogP contribution is 2.14. The maximum absolute atomic E-state index is 11.9. The van der Waals surface area contributed by atoms with Gasteiger partial charge in [0.1, 0.15) is 6.61 Å². The lowest BCUT2D eigenvalue weighted by Crippen LogP contribution is -2.15. The Morgan fingerprint density at radius 1 is 1.03 bits per heavy atom. The van der Waals surface area contributed by atoms with Crippen molar-refractivity contribution < 1.29 is 22.7 Å². The van der Waals surface area contributed by atoms with Crippen molar-refractivity contribution in [3.63, 3.8) is 0 Å². The summed E-state index contributed by atoms with van der Waals surface area (Å²) in [4.78, 5) is 22.8. The maximum Gasteiger partial charge on any atom is 0.305 e. The summed E-state index contributed by atoms with van der Waals surface area (Å²) in [7, 11) is -3.37. The molecule has 0 bridgehead atoms. The number of unbranched alkanes of at least 4 members (excludes halogenated alkanes) is 3. The Hall–Kier alpha value is -2.73. The minimum atomic E-state index is -3.37. The van der Waals surface area contributed by atoms with Crippen LogP contribution >= 0.6 is 0 Å². The van der Waals surface area contributed by atoms with Crippen molar-refractivity contribution in [1.82, 2.24) is 0 Å². The highest BCUT2D eigenvalue weighted by atomic mass is 32.2. The molecule has 0 N–H and O–H groups in total. The maximum atomic E-state index is 11.9. The van der Waals surface area contributed by atoms with E-state index in [1.807, 2.05) is 25.2 Å². The van der Waals surface area contributed by atoms with E-state index in [1.54, 1.807) is 24.3 Å². The number of esters is 1. The first-order valence-electron chi connectivity index (χ1n) is 12.0. The lowest BCUT2D eigenvalue weighted by atomic mass is 10.1. The van der Waals surface area contributed by atoms with Crippen molar-refractivity contribution in [2.24, 2.45) is 0 Å². The lowest BCUT2D eigenvalue weighted by molar-refractivity contribution is -0.143. The van der Waals surface area contributed by atoms with Gasteiger partial charge in [-0.3, -0.25) is 9.59 Å². The van der Waals surface area contributed by atoms with Gasteiger partial charge in [0.25, 0.3) is 0 Å². The third-order valence-electron chi connectivity index (χ3n) is 5.00. The van der Waals surface area contributed by atoms with E-state index >= 15 is 0 Å². The Morgan fingerprint density at radius 3 is 2.41 bits per heavy atom. The summed E-state index contributed by atoms with van der Waals surface area (Å²) >= 11 is 0. The SMILES string of the molecule is C/C=C\CCCC(=O)OCCS(=O)(=O)c1ccccc1.CC/C=C\CCC/C=C1\CC=CC1=O. The molecule has 1 aromatic rings. The number of carbonyl (C=O) groups excluding carboxylic acids is 2. The molecule has 0 fully saturated rings. The van der Waals surface area contributed by atoms with Crippen LogP contribution in [-0.4, -0.2) is 32.5 Å². The van der Waals surface area contributed by atoms with E-state index in [-0.39, 0.29) is 29.0 Å². The fourth-order valence-corrected chi connectivity index (χ4v) is 4.21. The van der Waals surface area contributed by atoms with E-state index in [0.29, 0.717) is 12.8 Å². The van der Waals surface area contributed by atoms with Crippen LogP contribution in [0.3, 0.4) is 0 Å². The topological polar surface area (TPSA) is 77.5 Å². The third-order valence-corrected chi connectivity index (χ3v) is 6.69. The monoisotopic (exact) mass is 486 g/mol. The molecular formula is C28H38O5S. The second kappa shape index (κ2) is 17.7. The van der Waals surface area contributed by atoms with Crippen LogP contribution in [0.2, 0.25) is 0 Å². The van der Waals surface area contributed by atoms with Crippen molar-refractivity contribution in [2.75, 3.05) is 12.4 Å². The van der Waals surface area contributed by atoms with Gasteiger partial charge in [0.05, 0.1) is 10.6 Å². The summed E-state index contributed by atoms with van der Waals surface area (Å²) in [6.07, 6.45) is 21.1. The lowest BCUT2D eigenvalue weighted by Gasteiger charge is -2.06. The molecule has 0 spiro atoms. The number of hydrogen-bond acceptors (Lipinski definition) is 5. The predicted octanol–water partition coefficient (Wildman–Crippen LogP) is 6.33. The van der Waals surface area contributed by atoms with Gasteiger partial charge in [0.15, 0.2) is 15.6 Å². The van der Waals surface area contributed by atoms with Crippen molar-refractivity contribution >= 4 is 21.6 Å². The van der Waals surface area contributed by atoms with Gasteiger partial charge in [-0.2, -0.15) is 0 Å². The summed E-state index contributed by atoms with van der Waals surface area (Å²) in [6.45, 7) is 3.97. The molecule has 34 heavy (non-hydrogen) atoms. The molecule has 0 amide bonds. The van der Waals surface area contributed by atoms with Gasteiger partial charge in [-0.25, -0.2) is 8.42 Å². The molecular weight excluding hydrogens is 448 g/mol. The molecule has 0 atom stereocenters. The number of sulfone groups is 1. The zero-order chi connectivity index (χ0) is 25.1. The quantitative estimate of drug-likeness (QED) is 0.141. The van der Waals surface area contributed by atoms with Gasteiger partial charge < -0.3 is 4.74 Å². The number of carbonyl (C=O) groups is 2. The van der Waals surface area contributed by atoms with Crippen molar-refractivity contribution in [2.45, 2.75) is 70.1 Å². The van der Waals surface area contributed by atoms with Gasteiger partial charge in [-0.15, -0.1) is 0 Å². The van der Waals surface area contributed by atoms with Gasteiger partial charge in [0, 0.05) is 6.42 Å². The van der Waals surface area contributed by atoms with Crippen LogP contribution in [0.25, 0.3) is 0 Å². The number of allylic oxidation sites excluding steroid dienone is 8. The zero-order valence-corrected chi connectivity index (χ0v) is 21.3. The molecule has 1 aromatic carbocycles. The van der Waals surface area contributed by atoms with E-state index in [4.69, 9.17) is 4.74 Å². The van der Waals surface area contributed by atoms with E-state index in [2.05, 4.69) is 25.2 Å². The molecule has 1 aliphatic rings. The number of ether oxygens (including phenoxy) is 1. The molecule has 0 saturated heterocycles. The van der Waals surface area contributed by atoms with Crippen molar-refractivity contribution in [3.8, 4) is 0 Å². The van der Waals surface area contributed by atoms with Gasteiger partial charge in [-0.05, 0) is 75.7 Å². The summed E-state index contributed by atoms with van der Waals surface area (Å²) in [5, 5.41) is 0. The highest BCUT2D eigenvalue weighted by molar-refractivity contribution is 7.91. The average Bonchev–Trinajstić information content (AvgIpc) is 3.24. The Labute approximate surface area is 205 Å². The van der Waals surface area contributed by atoms with Gasteiger partial charge in [-0.1, -0.05) is 61.6 Å². The minimum absolute atomic E-state index is 0.0975. The Balaban J connectivity index is 0.000000362. The molecule has 5 nitrogen and oxygen atoms in total. The van der Waals surface area contributed by atoms with Gasteiger partial charge >= 0.3 is 5.97 Å². The second-order valence-corrected chi connectivity index (χ2v) is 9.93. The second-order valence-electron chi connectivity index (χ2n) is 7.82. The van der Waals surface area contributed by atoms with E-state index in [9.17, 15) is 18.0 Å². The fraction of sp³-hybridized carbons (Fsp3) is 0.429. The van der Waals surface area contributed by atoms with Crippen LogP contribution in [0.4, 0.5) is 0 Å². The molecule has 6 heteroatoms. The standard InChI is InChI=1S/C15H20O4S.C13H18O/c1-2-3-4-8-11-15(16)19-12-13-20(17,18)14-9-6-5-7-10-14;1-2-3-4-5-6-7-9-12-10-8-11-13(12)14/h2-3,5-7,9-10H,4,8,11-13H2,1H3;3-4,8-9,11H,2,5-7,10H2,1H3/b3-2-;4-3-,12-9+. The smallest absolute Gasteiger partial charge is 0.305 e. The molecule has 1 aliphatic carbocycles. The van der Waals surface area contributed by atoms with E-state index in [1.165, 1.54) is 12.1 Å². The number of rotatable bonds is 13. The molecule has 0 saturated carbocycles. The molecule has 0 radical (unpaired) electrons. The summed E-state index contributed by atoms with van der Waals surface area (Å²) in [5.74, 6) is -0.329. The molecule has 0 aromatic heterocycles. The summed E-state index contributed by atoms with van der Waals surface area (Å²) < 4.78 is 28.8. The van der Waals surface area contributed by atoms with Crippen LogP contribution in [-0.2, 0) is 24.2 Å². The minimum Gasteiger partial charge on any atom is -0.465 e. The Bertz CT molecular complexity index is 954. The van der Waals surface area contributed by atoms with Crippen LogP contribution in [0, 0.1) is 0 Å². The molecule has 2 rings (SSSR count). The molecule has 0 unspecified atom stereocenters. The number of hydrogen-bond donors (Lipinski definition) is 0. The molecule has 0 aliphatic heterocycles. The van der Waals surface area contributed by atoms with Crippen LogP contribution in [0.15, 0.2) is 83.3 Å². The first kappa shape index (κ1) is 29.3. The van der Waals surface area contributed by atoms with E-state index < -0.39 is 9.84 Å². The van der Waals surface area contributed by atoms with Crippen LogP contribution < -0.4 is 0 Å². The normalized spacial score (nSPS) is 14.6. The molecule has 0 heterocycles. The predicted molar refractivity (Wildman–Crippen MR) is 138 cm³/mol. The Kier molecular flexibility index (Phi) is 15.3. The zero-order valence-electron chi connectivity index (χ0n) is 20.4. The summed E-state index contributed by atoms with van der Waals surface area (Å²) in [6, 6.07) is 8.16. The van der Waals surface area contributed by atoms with Gasteiger partial charge in [0.2, 0.25) is 0 Å². The van der Waals surface area contributed by atoms with Crippen LogP contribution in [0.5, 0.6) is 0 Å². The summed E-state index contributed by atoms with van der Waals surface area (Å²) in [5.41, 5.74) is 0.976. The van der Waals surface area contributed by atoms with Crippen molar-refractivity contribution in [3.05, 3.63) is 78.4 Å². The largest absolute Gasteiger partial charge is 0.465 e. The number of ketones is 1. The molecule has 186 valence electrons. The third kappa shape index (κ3) is 13.1. The average molecular weight is 487 g/mol. The first-order chi connectivity index (χ1) is 16.4. The Morgan fingerprint density at radius 2 is 1.76 bits per heavy atom. The highest BCUT2D eigenvalue weighted by Gasteiger charge is 2.14. The number of benzene rings is 1. The first-order valence-corrected chi connectivity index (χ1v) is 13.7.